The van der Waals surface area contributed by atoms with Gasteiger partial charge in [0.15, 0.2) is 4.98 Å². The highest BCUT2D eigenvalue weighted by Gasteiger charge is 2.00. The maximum Gasteiger partial charge on any atom is 0.349 e. The highest BCUT2D eigenvalue weighted by Crippen LogP contribution is 2.14. The van der Waals surface area contributed by atoms with Crippen molar-refractivity contribution in [1.82, 2.24) is 0 Å². The van der Waals surface area contributed by atoms with Crippen LogP contribution < -0.4 is 4.90 Å². The quantitative estimate of drug-likeness (QED) is 0.705. The zero-order valence-electron chi connectivity index (χ0n) is 9.44. The van der Waals surface area contributed by atoms with Crippen LogP contribution in [0.25, 0.3) is 4.98 Å². The van der Waals surface area contributed by atoms with E-state index >= 15 is 0 Å². The van der Waals surface area contributed by atoms with Crippen LogP contribution >= 0.6 is 0 Å². The molecule has 0 aliphatic heterocycles. The summed E-state index contributed by atoms with van der Waals surface area (Å²) in [6.07, 6.45) is 2.29. The Kier molecular flexibility index (Phi) is 3.87. The molecule has 0 unspecified atom stereocenters. The minimum atomic E-state index is 0.817. The molecule has 0 aliphatic rings. The third-order valence-corrected chi connectivity index (χ3v) is 2.21. The lowest BCUT2D eigenvalue weighted by molar-refractivity contribution is 1.11. The van der Waals surface area contributed by atoms with Gasteiger partial charge >= 0.3 is 6.20 Å². The molecule has 0 aliphatic carbocycles. The summed E-state index contributed by atoms with van der Waals surface area (Å²) >= 11 is 0. The molecule has 0 saturated carbocycles. The summed E-state index contributed by atoms with van der Waals surface area (Å²) in [5, 5.41) is 8.37. The van der Waals surface area contributed by atoms with Crippen molar-refractivity contribution in [3.63, 3.8) is 0 Å². The number of diazo groups is 1. The Morgan fingerprint density at radius 2 is 1.93 bits per heavy atom. The zero-order valence-corrected chi connectivity index (χ0v) is 9.44. The normalized spacial score (nSPS) is 10.9. The predicted octanol–water partition coefficient (Wildman–Crippen LogP) is 3.05. The highest BCUT2D eigenvalue weighted by molar-refractivity contribution is 5.46. The molecular formula is C12H16N3+. The third-order valence-electron chi connectivity index (χ3n) is 2.21. The molecule has 3 heteroatoms. The van der Waals surface area contributed by atoms with E-state index in [0.717, 1.165) is 12.0 Å². The van der Waals surface area contributed by atoms with Crippen LogP contribution in [0.3, 0.4) is 0 Å². The molecule has 78 valence electrons. The Labute approximate surface area is 90.7 Å². The monoisotopic (exact) mass is 202 g/mol. The van der Waals surface area contributed by atoms with E-state index in [1.165, 1.54) is 17.5 Å². The molecule has 0 heterocycles. The Bertz CT molecular complexity index is 382. The van der Waals surface area contributed by atoms with Gasteiger partial charge in [0, 0.05) is 31.8 Å². The number of hydrogen-bond donors (Lipinski definition) is 0. The molecule has 1 aromatic rings. The minimum Gasteiger partial charge on any atom is -0.378 e. The Morgan fingerprint density at radius 3 is 2.40 bits per heavy atom. The first-order valence-corrected chi connectivity index (χ1v) is 4.89. The van der Waals surface area contributed by atoms with Crippen molar-refractivity contribution in [2.45, 2.75) is 13.3 Å². The summed E-state index contributed by atoms with van der Waals surface area (Å²) in [6, 6.07) is 8.34. The van der Waals surface area contributed by atoms with Gasteiger partial charge in [-0.3, -0.25) is 0 Å². The summed E-state index contributed by atoms with van der Waals surface area (Å²) < 4.78 is 0. The van der Waals surface area contributed by atoms with Gasteiger partial charge in [0.05, 0.1) is 0 Å². The van der Waals surface area contributed by atoms with Crippen molar-refractivity contribution in [3.05, 3.63) is 46.6 Å². The first kappa shape index (κ1) is 11.3. The van der Waals surface area contributed by atoms with Crippen LogP contribution in [-0.2, 0) is 6.42 Å². The largest absolute Gasteiger partial charge is 0.378 e. The van der Waals surface area contributed by atoms with Crippen molar-refractivity contribution >= 4 is 5.69 Å². The standard InChI is InChI=1S/C12H16N3/c1-10(9-14-13)8-11-4-6-12(7-5-11)15(2)3/h4-7,9H,8H2,1-3H3/q+1/b10-9+. The molecule has 0 spiro atoms. The van der Waals surface area contributed by atoms with Gasteiger partial charge in [-0.15, -0.1) is 0 Å². The number of nitrogens with zero attached hydrogens (tertiary/aromatic N) is 3. The molecule has 0 radical (unpaired) electrons. The van der Waals surface area contributed by atoms with Gasteiger partial charge in [0.1, 0.15) is 0 Å². The van der Waals surface area contributed by atoms with Crippen molar-refractivity contribution in [3.8, 4) is 0 Å². The number of allylic oxidation sites excluding steroid dienone is 1. The van der Waals surface area contributed by atoms with Crippen LogP contribution in [0, 0.1) is 5.39 Å². The first-order chi connectivity index (χ1) is 7.13. The van der Waals surface area contributed by atoms with Crippen molar-refractivity contribution in [1.29, 1.82) is 5.39 Å². The summed E-state index contributed by atoms with van der Waals surface area (Å²) in [6.45, 7) is 1.94. The van der Waals surface area contributed by atoms with Gasteiger partial charge in [-0.2, -0.15) is 0 Å². The van der Waals surface area contributed by atoms with Crippen LogP contribution in [0.4, 0.5) is 5.69 Å². The van der Waals surface area contributed by atoms with Gasteiger partial charge in [0.2, 0.25) is 5.39 Å². The fraction of sp³-hybridized carbons (Fsp3) is 0.333. The highest BCUT2D eigenvalue weighted by atomic mass is 15.1. The van der Waals surface area contributed by atoms with Crippen LogP contribution in [-0.4, -0.2) is 14.1 Å². The van der Waals surface area contributed by atoms with E-state index in [2.05, 4.69) is 34.1 Å². The Hall–Kier alpha value is -1.82. The maximum absolute atomic E-state index is 8.37. The van der Waals surface area contributed by atoms with E-state index < -0.39 is 0 Å². The fourth-order valence-electron chi connectivity index (χ4n) is 1.38. The van der Waals surface area contributed by atoms with Crippen molar-refractivity contribution in [2.24, 2.45) is 0 Å². The zero-order chi connectivity index (χ0) is 11.3. The van der Waals surface area contributed by atoms with E-state index in [-0.39, 0.29) is 0 Å². The molecule has 0 bridgehead atoms. The first-order valence-electron chi connectivity index (χ1n) is 4.89. The van der Waals surface area contributed by atoms with Gasteiger partial charge in [-0.1, -0.05) is 12.1 Å². The summed E-state index contributed by atoms with van der Waals surface area (Å²) in [5.74, 6) is 0. The second kappa shape index (κ2) is 5.16. The van der Waals surface area contributed by atoms with E-state index in [0.29, 0.717) is 0 Å². The topological polar surface area (TPSA) is 31.4 Å². The molecule has 0 saturated heterocycles. The number of benzene rings is 1. The van der Waals surface area contributed by atoms with Gasteiger partial charge in [0.25, 0.3) is 0 Å². The van der Waals surface area contributed by atoms with E-state index in [9.17, 15) is 0 Å². The summed E-state index contributed by atoms with van der Waals surface area (Å²) in [4.78, 5) is 5.07. The van der Waals surface area contributed by atoms with Crippen LogP contribution in [0.1, 0.15) is 12.5 Å². The molecule has 3 nitrogen and oxygen atoms in total. The smallest absolute Gasteiger partial charge is 0.349 e. The molecule has 1 rings (SSSR count). The van der Waals surface area contributed by atoms with Gasteiger partial charge in [-0.05, 0) is 24.6 Å². The van der Waals surface area contributed by atoms with E-state index in [1.54, 1.807) is 0 Å². The van der Waals surface area contributed by atoms with Crippen LogP contribution in [0.2, 0.25) is 0 Å². The summed E-state index contributed by atoms with van der Waals surface area (Å²) in [7, 11) is 4.04. The number of rotatable bonds is 3. The molecule has 0 amide bonds. The molecule has 0 fully saturated rings. The predicted molar refractivity (Wildman–Crippen MR) is 63.3 cm³/mol. The Morgan fingerprint density at radius 1 is 1.33 bits per heavy atom. The fourth-order valence-corrected chi connectivity index (χ4v) is 1.38. The molecule has 0 N–H and O–H groups in total. The van der Waals surface area contributed by atoms with Crippen LogP contribution in [0.5, 0.6) is 0 Å². The molecule has 15 heavy (non-hydrogen) atoms. The SMILES string of the molecule is C/C(=C\[N+]#N)Cc1ccc(N(C)C)cc1. The summed E-state index contributed by atoms with van der Waals surface area (Å²) in [5.41, 5.74) is 3.44. The molecule has 1 aromatic carbocycles. The van der Waals surface area contributed by atoms with Crippen molar-refractivity contribution in [2.75, 3.05) is 19.0 Å². The molecular weight excluding hydrogens is 186 g/mol. The van der Waals surface area contributed by atoms with E-state index in [4.69, 9.17) is 5.39 Å². The molecule has 0 aromatic heterocycles. The average Bonchev–Trinajstić information content (AvgIpc) is 2.18. The lowest BCUT2D eigenvalue weighted by Gasteiger charge is -2.12. The maximum atomic E-state index is 8.37. The minimum absolute atomic E-state index is 0.817. The van der Waals surface area contributed by atoms with E-state index in [1.807, 2.05) is 21.0 Å². The average molecular weight is 202 g/mol. The number of hydrogen-bond acceptors (Lipinski definition) is 2. The second-order valence-electron chi connectivity index (χ2n) is 3.83. The third kappa shape index (κ3) is 3.43. The Balaban J connectivity index is 2.74. The van der Waals surface area contributed by atoms with Gasteiger partial charge < -0.3 is 4.90 Å². The lowest BCUT2D eigenvalue weighted by atomic mass is 10.1. The second-order valence-corrected chi connectivity index (χ2v) is 3.83. The van der Waals surface area contributed by atoms with Gasteiger partial charge in [-0.25, -0.2) is 0 Å². The van der Waals surface area contributed by atoms with Crippen LogP contribution in [0.15, 0.2) is 36.0 Å². The lowest BCUT2D eigenvalue weighted by Crippen LogP contribution is -2.08. The van der Waals surface area contributed by atoms with Crippen molar-refractivity contribution < 1.29 is 0 Å². The number of anilines is 1. The molecule has 0 atom stereocenters.